The van der Waals surface area contributed by atoms with E-state index >= 15 is 0 Å². The number of tetrazole rings is 1. The van der Waals surface area contributed by atoms with Crippen molar-refractivity contribution in [2.45, 2.75) is 19.9 Å². The number of aryl methyl sites for hydroxylation is 1. The molecule has 0 saturated heterocycles. The molecule has 12 heteroatoms. The monoisotopic (exact) mass is 550 g/mol. The van der Waals surface area contributed by atoms with Crippen molar-refractivity contribution >= 4 is 51.8 Å². The molecule has 0 aliphatic rings. The molecule has 5 rings (SSSR count). The van der Waals surface area contributed by atoms with Crippen LogP contribution in [-0.4, -0.2) is 42.3 Å². The molecule has 0 saturated carbocycles. The highest BCUT2D eigenvalue weighted by atomic mass is 35.5. The first-order valence-corrected chi connectivity index (χ1v) is 12.6. The third-order valence-corrected chi connectivity index (χ3v) is 6.61. The molecule has 38 heavy (non-hydrogen) atoms. The van der Waals surface area contributed by atoms with Gasteiger partial charge in [0.05, 0.1) is 39.9 Å². The Hall–Kier alpha value is -4.15. The molecule has 194 valence electrons. The van der Waals surface area contributed by atoms with E-state index < -0.39 is 0 Å². The molecule has 2 aromatic heterocycles. The second-order valence-corrected chi connectivity index (χ2v) is 9.37. The van der Waals surface area contributed by atoms with E-state index in [9.17, 15) is 4.79 Å². The normalized spacial score (nSPS) is 11.7. The van der Waals surface area contributed by atoms with E-state index in [1.165, 1.54) is 0 Å². The zero-order chi connectivity index (χ0) is 26.6. The van der Waals surface area contributed by atoms with Gasteiger partial charge < -0.3 is 13.9 Å². The van der Waals surface area contributed by atoms with Gasteiger partial charge in [0.25, 0.3) is 5.91 Å². The first kappa shape index (κ1) is 25.5. The Bertz CT molecular complexity index is 1640. The smallest absolute Gasteiger partial charge is 0.258 e. The van der Waals surface area contributed by atoms with Crippen LogP contribution in [0.3, 0.4) is 0 Å². The number of halogens is 2. The number of hydrogen-bond acceptors (Lipinski definition) is 6. The topological polar surface area (TPSA) is 115 Å². The summed E-state index contributed by atoms with van der Waals surface area (Å²) in [6.45, 7) is 3.22. The number of fused-ring (bicyclic) bond motifs is 1. The Kier molecular flexibility index (Phi) is 7.43. The third kappa shape index (κ3) is 5.41. The van der Waals surface area contributed by atoms with Crippen LogP contribution in [-0.2, 0) is 13.6 Å². The van der Waals surface area contributed by atoms with Gasteiger partial charge in [-0.05, 0) is 70.9 Å². The predicted octanol–water partition coefficient (Wildman–Crippen LogP) is 5.12. The van der Waals surface area contributed by atoms with Gasteiger partial charge in [0, 0.05) is 12.6 Å². The van der Waals surface area contributed by atoms with Gasteiger partial charge in [-0.3, -0.25) is 10.1 Å². The van der Waals surface area contributed by atoms with Crippen LogP contribution in [0, 0.1) is 0 Å². The number of H-pyrrole nitrogens is 1. The lowest BCUT2D eigenvalue weighted by atomic mass is 10.1. The van der Waals surface area contributed by atoms with Crippen molar-refractivity contribution in [1.82, 2.24) is 29.8 Å². The molecule has 0 atom stereocenters. The Morgan fingerprint density at radius 2 is 1.76 bits per heavy atom. The third-order valence-electron chi connectivity index (χ3n) is 5.88. The fourth-order valence-corrected chi connectivity index (χ4v) is 4.30. The fourth-order valence-electron chi connectivity index (χ4n) is 3.99. The summed E-state index contributed by atoms with van der Waals surface area (Å²) in [4.78, 5) is 17.4. The van der Waals surface area contributed by atoms with Crippen LogP contribution >= 0.6 is 23.2 Å². The van der Waals surface area contributed by atoms with E-state index in [1.807, 2.05) is 60.1 Å². The number of carbonyl (C=O) groups is 1. The number of benzene rings is 3. The van der Waals surface area contributed by atoms with Crippen molar-refractivity contribution in [2.24, 2.45) is 12.0 Å². The predicted molar refractivity (Wildman–Crippen MR) is 146 cm³/mol. The zero-order valence-electron chi connectivity index (χ0n) is 20.7. The molecule has 5 aromatic rings. The van der Waals surface area contributed by atoms with E-state index in [4.69, 9.17) is 32.9 Å². The highest BCUT2D eigenvalue weighted by molar-refractivity contribution is 6.42. The van der Waals surface area contributed by atoms with Crippen LogP contribution in [0.5, 0.6) is 5.75 Å². The van der Waals surface area contributed by atoms with Crippen LogP contribution in [0.2, 0.25) is 10.0 Å². The number of hydrogen-bond donors (Lipinski definition) is 2. The quantitative estimate of drug-likeness (QED) is 0.278. The molecule has 0 radical (unpaired) electrons. The maximum Gasteiger partial charge on any atom is 0.258 e. The number of nitrogens with zero attached hydrogens (tertiary/aromatic N) is 6. The number of nitrogens with one attached hydrogen (secondary N) is 2. The fraction of sp³-hybridized carbons (Fsp3) is 0.192. The van der Waals surface area contributed by atoms with E-state index in [1.54, 1.807) is 12.1 Å². The zero-order valence-corrected chi connectivity index (χ0v) is 22.2. The van der Waals surface area contributed by atoms with Gasteiger partial charge in [0.2, 0.25) is 11.6 Å². The minimum absolute atomic E-state index is 0.178. The van der Waals surface area contributed by atoms with Crippen LogP contribution < -0.4 is 15.7 Å². The molecule has 2 N–H and O–H groups in total. The van der Waals surface area contributed by atoms with E-state index in [0.717, 1.165) is 34.5 Å². The number of ether oxygens (including phenoxy) is 1. The number of carbonyl (C=O) groups excluding carboxylic acids is 1. The first-order valence-electron chi connectivity index (χ1n) is 11.9. The number of rotatable bonds is 8. The van der Waals surface area contributed by atoms with Gasteiger partial charge in [-0.1, -0.05) is 47.4 Å². The number of aromatic nitrogens is 6. The molecule has 10 nitrogen and oxygen atoms in total. The number of aromatic amines is 1. The van der Waals surface area contributed by atoms with Gasteiger partial charge in [0.1, 0.15) is 5.75 Å². The van der Waals surface area contributed by atoms with E-state index in [2.05, 4.69) is 37.4 Å². The lowest BCUT2D eigenvalue weighted by Crippen LogP contribution is -2.24. The Morgan fingerprint density at radius 1 is 1.05 bits per heavy atom. The SMILES string of the molecule is CCCOc1ccc(N=c2n(C)c3cc(Cl)c(Cl)cc3n2Cc2ccc(C(=O)Nc3nnn[nH]3)cc2)cc1. The maximum atomic E-state index is 12.5. The lowest BCUT2D eigenvalue weighted by molar-refractivity contribution is 0.102. The lowest BCUT2D eigenvalue weighted by Gasteiger charge is -2.08. The van der Waals surface area contributed by atoms with Crippen LogP contribution in [0.4, 0.5) is 11.6 Å². The summed E-state index contributed by atoms with van der Waals surface area (Å²) in [6.07, 6.45) is 0.942. The second-order valence-electron chi connectivity index (χ2n) is 8.56. The molecule has 0 aliphatic heterocycles. The summed E-state index contributed by atoms with van der Waals surface area (Å²) in [5, 5.41) is 16.6. The van der Waals surface area contributed by atoms with Crippen LogP contribution in [0.15, 0.2) is 65.7 Å². The highest BCUT2D eigenvalue weighted by Crippen LogP contribution is 2.28. The Labute approximate surface area is 227 Å². The minimum atomic E-state index is -0.323. The highest BCUT2D eigenvalue weighted by Gasteiger charge is 2.14. The molecule has 1 amide bonds. The Balaban J connectivity index is 1.51. The molecule has 0 unspecified atom stereocenters. The van der Waals surface area contributed by atoms with Crippen molar-refractivity contribution in [3.63, 3.8) is 0 Å². The molecule has 0 aliphatic carbocycles. The average Bonchev–Trinajstić information content (AvgIpc) is 3.52. The number of imidazole rings is 1. The Morgan fingerprint density at radius 3 is 2.42 bits per heavy atom. The molecular formula is C26H24Cl2N8O2. The van der Waals surface area contributed by atoms with Gasteiger partial charge in [-0.25, -0.2) is 10.1 Å². The first-order chi connectivity index (χ1) is 18.4. The van der Waals surface area contributed by atoms with E-state index in [0.29, 0.717) is 34.4 Å². The minimum Gasteiger partial charge on any atom is -0.494 e. The summed E-state index contributed by atoms with van der Waals surface area (Å²) in [6, 6.07) is 18.6. The number of anilines is 1. The van der Waals surface area contributed by atoms with Crippen molar-refractivity contribution in [3.05, 3.63) is 87.5 Å². The molecule has 3 aromatic carbocycles. The van der Waals surface area contributed by atoms with Crippen molar-refractivity contribution in [1.29, 1.82) is 0 Å². The summed E-state index contributed by atoms with van der Waals surface area (Å²) < 4.78 is 9.74. The van der Waals surface area contributed by atoms with Gasteiger partial charge in [-0.2, -0.15) is 0 Å². The van der Waals surface area contributed by atoms with Gasteiger partial charge >= 0.3 is 0 Å². The largest absolute Gasteiger partial charge is 0.494 e. The van der Waals surface area contributed by atoms with Crippen molar-refractivity contribution in [3.8, 4) is 5.75 Å². The summed E-state index contributed by atoms with van der Waals surface area (Å²) >= 11 is 12.7. The molecule has 0 fully saturated rings. The molecular weight excluding hydrogens is 527 g/mol. The van der Waals surface area contributed by atoms with Crippen molar-refractivity contribution in [2.75, 3.05) is 11.9 Å². The summed E-state index contributed by atoms with van der Waals surface area (Å²) in [5.41, 5.74) is 4.69. The maximum absolute atomic E-state index is 12.5. The summed E-state index contributed by atoms with van der Waals surface area (Å²) in [7, 11) is 1.94. The molecule has 2 heterocycles. The van der Waals surface area contributed by atoms with Crippen LogP contribution in [0.25, 0.3) is 11.0 Å². The van der Waals surface area contributed by atoms with E-state index in [-0.39, 0.29) is 11.9 Å². The van der Waals surface area contributed by atoms with Crippen molar-refractivity contribution < 1.29 is 9.53 Å². The van der Waals surface area contributed by atoms with Gasteiger partial charge in [-0.15, -0.1) is 0 Å². The standard InChI is InChI=1S/C26H24Cl2N8O2/c1-3-12-38-19-10-8-18(9-11-19)29-26-35(2)22-13-20(27)21(28)14-23(22)36(26)15-16-4-6-17(7-5-16)24(37)30-25-31-33-34-32-25/h4-11,13-14H,3,12,15H2,1-2H3,(H2,30,31,32,33,34,37). The molecule has 0 bridgehead atoms. The summed E-state index contributed by atoms with van der Waals surface area (Å²) in [5.74, 6) is 0.659. The van der Waals surface area contributed by atoms with Crippen LogP contribution in [0.1, 0.15) is 29.3 Å². The second kappa shape index (κ2) is 11.1. The number of amides is 1. The average molecular weight is 551 g/mol. The molecule has 0 spiro atoms. The van der Waals surface area contributed by atoms with Gasteiger partial charge in [0.15, 0.2) is 0 Å².